The van der Waals surface area contributed by atoms with Crippen LogP contribution in [0.15, 0.2) is 285 Å². The highest BCUT2D eigenvalue weighted by molar-refractivity contribution is 6.11. The van der Waals surface area contributed by atoms with Crippen molar-refractivity contribution in [3.8, 4) is 100 Å². The maximum absolute atomic E-state index is 2.76. The summed E-state index contributed by atoms with van der Waals surface area (Å²) >= 11 is 0. The van der Waals surface area contributed by atoms with Crippen molar-refractivity contribution >= 4 is 17.1 Å². The zero-order chi connectivity index (χ0) is 49.7. The van der Waals surface area contributed by atoms with Crippen LogP contribution in [0.2, 0.25) is 0 Å². The third-order valence-electron chi connectivity index (χ3n) is 15.6. The molecule has 0 spiro atoms. The summed E-state index contributed by atoms with van der Waals surface area (Å²) in [5, 5.41) is 0. The molecule has 0 amide bonds. The molecule has 0 N–H and O–H groups in total. The van der Waals surface area contributed by atoms with Gasteiger partial charge in [-0.3, -0.25) is 0 Å². The van der Waals surface area contributed by atoms with E-state index in [4.69, 9.17) is 0 Å². The molecule has 0 fully saturated rings. The summed E-state index contributed by atoms with van der Waals surface area (Å²) < 4.78 is 0. The molecule has 0 saturated carbocycles. The number of nitrogens with zero attached hydrogens (tertiary/aromatic N) is 1. The maximum Gasteiger partial charge on any atom is 0.0588 e. The quantitative estimate of drug-likeness (QED) is 0.132. The lowest BCUT2D eigenvalue weighted by atomic mass is 9.83. The van der Waals surface area contributed by atoms with Crippen molar-refractivity contribution in [1.29, 1.82) is 0 Å². The van der Waals surface area contributed by atoms with Crippen molar-refractivity contribution in [2.75, 3.05) is 4.90 Å². The standard InChI is InChI=1S/C74H51N/c1-6-26-50(27-7-1)57-38-20-21-41-60(57)61-42-22-23-43-62(61)63-44-24-25-45-70(63)75(73-68-46-55-36-16-18-39-58(55)66(68)48-64(51-28-8-2-9-29-51)71(73)53-32-12-4-13-33-53)74-69-47-56-37-17-19-40-59(56)67(69)49-65(52-30-10-3-11-31-52)72(74)54-34-14-5-15-35-54/h1-45,48-49H,46-47H2. The van der Waals surface area contributed by atoms with Crippen LogP contribution >= 0.6 is 0 Å². The number of para-hydroxylation sites is 1. The van der Waals surface area contributed by atoms with Crippen molar-refractivity contribution in [2.24, 2.45) is 0 Å². The number of benzene rings is 12. The van der Waals surface area contributed by atoms with Gasteiger partial charge in [0.25, 0.3) is 0 Å². The van der Waals surface area contributed by atoms with Crippen molar-refractivity contribution in [1.82, 2.24) is 0 Å². The van der Waals surface area contributed by atoms with Crippen LogP contribution in [-0.2, 0) is 12.8 Å². The molecule has 0 aromatic heterocycles. The van der Waals surface area contributed by atoms with Crippen molar-refractivity contribution in [2.45, 2.75) is 12.8 Å². The highest BCUT2D eigenvalue weighted by atomic mass is 15.2. The molecule has 2 aliphatic rings. The third-order valence-corrected chi connectivity index (χ3v) is 15.6. The Bertz CT molecular complexity index is 3900. The molecular weight excluding hydrogens is 903 g/mol. The Kier molecular flexibility index (Phi) is 11.1. The first kappa shape index (κ1) is 44.2. The maximum atomic E-state index is 2.76. The summed E-state index contributed by atoms with van der Waals surface area (Å²) in [6.07, 6.45) is 1.58. The Morgan fingerprint density at radius 2 is 0.507 bits per heavy atom. The third kappa shape index (κ3) is 7.63. The second-order valence-corrected chi connectivity index (χ2v) is 19.8. The molecule has 352 valence electrons. The van der Waals surface area contributed by atoms with E-state index < -0.39 is 0 Å². The van der Waals surface area contributed by atoms with Crippen molar-refractivity contribution < 1.29 is 0 Å². The first-order chi connectivity index (χ1) is 37.3. The fourth-order valence-electron chi connectivity index (χ4n) is 12.3. The smallest absolute Gasteiger partial charge is 0.0588 e. The lowest BCUT2D eigenvalue weighted by Gasteiger charge is -2.37. The summed E-state index contributed by atoms with van der Waals surface area (Å²) in [5.41, 5.74) is 30.6. The second-order valence-electron chi connectivity index (χ2n) is 19.8. The topological polar surface area (TPSA) is 3.24 Å². The lowest BCUT2D eigenvalue weighted by molar-refractivity contribution is 1.17. The molecule has 0 bridgehead atoms. The molecular formula is C74H51N. The normalized spacial score (nSPS) is 11.9. The Morgan fingerprint density at radius 3 is 0.933 bits per heavy atom. The van der Waals surface area contributed by atoms with E-state index in [9.17, 15) is 0 Å². The molecule has 0 radical (unpaired) electrons. The summed E-state index contributed by atoms with van der Waals surface area (Å²) in [4.78, 5) is 2.76. The number of hydrogen-bond acceptors (Lipinski definition) is 1. The van der Waals surface area contributed by atoms with Crippen molar-refractivity contribution in [3.05, 3.63) is 307 Å². The molecule has 1 heteroatoms. The first-order valence-corrected chi connectivity index (χ1v) is 26.2. The second kappa shape index (κ2) is 18.8. The van der Waals surface area contributed by atoms with Gasteiger partial charge >= 0.3 is 0 Å². The Labute approximate surface area is 440 Å². The number of fused-ring (bicyclic) bond motifs is 6. The molecule has 12 aromatic carbocycles. The number of rotatable bonds is 10. The predicted molar refractivity (Wildman–Crippen MR) is 316 cm³/mol. The highest BCUT2D eigenvalue weighted by Crippen LogP contribution is 2.60. The number of anilines is 3. The molecule has 0 unspecified atom stereocenters. The largest absolute Gasteiger partial charge is 0.308 e. The lowest BCUT2D eigenvalue weighted by Crippen LogP contribution is -2.18. The van der Waals surface area contributed by atoms with Gasteiger partial charge in [-0.1, -0.05) is 267 Å². The zero-order valence-corrected chi connectivity index (χ0v) is 41.5. The SMILES string of the molecule is c1ccc(-c2ccccc2-c2ccccc2-c2ccccc2N(c2c3c(cc(-c4ccccc4)c2-c2ccccc2)-c2ccccc2C3)c2c3c(cc(-c4ccccc4)c2-c2ccccc2)-c2ccccc2C3)cc1. The number of hydrogen-bond donors (Lipinski definition) is 0. The van der Waals surface area contributed by atoms with Gasteiger partial charge in [0.05, 0.1) is 17.1 Å². The van der Waals surface area contributed by atoms with Gasteiger partial charge in [0, 0.05) is 29.5 Å². The fourth-order valence-corrected chi connectivity index (χ4v) is 12.3. The van der Waals surface area contributed by atoms with Crippen LogP contribution in [0.1, 0.15) is 22.3 Å². The van der Waals surface area contributed by atoms with Gasteiger partial charge in [0.15, 0.2) is 0 Å². The molecule has 2 aliphatic carbocycles. The monoisotopic (exact) mass is 953 g/mol. The Hall–Kier alpha value is -9.56. The van der Waals surface area contributed by atoms with Crippen LogP contribution in [0.3, 0.4) is 0 Å². The van der Waals surface area contributed by atoms with Crippen LogP contribution in [0.4, 0.5) is 17.1 Å². The van der Waals surface area contributed by atoms with E-state index in [0.29, 0.717) is 0 Å². The fraction of sp³-hybridized carbons (Fsp3) is 0.0270. The average Bonchev–Trinajstić information content (AvgIpc) is 4.08. The zero-order valence-electron chi connectivity index (χ0n) is 41.5. The van der Waals surface area contributed by atoms with E-state index in [0.717, 1.165) is 24.1 Å². The molecule has 0 heterocycles. The molecule has 0 atom stereocenters. The molecule has 12 aromatic rings. The summed E-state index contributed by atoms with van der Waals surface area (Å²) in [7, 11) is 0. The van der Waals surface area contributed by atoms with Gasteiger partial charge in [-0.05, 0) is 124 Å². The minimum Gasteiger partial charge on any atom is -0.308 e. The van der Waals surface area contributed by atoms with E-state index >= 15 is 0 Å². The average molecular weight is 954 g/mol. The van der Waals surface area contributed by atoms with E-state index in [1.54, 1.807) is 0 Å². The van der Waals surface area contributed by atoms with E-state index in [1.807, 2.05) is 0 Å². The van der Waals surface area contributed by atoms with Gasteiger partial charge in [-0.2, -0.15) is 0 Å². The summed E-state index contributed by atoms with van der Waals surface area (Å²) in [6, 6.07) is 106. The molecule has 0 saturated heterocycles. The minimum absolute atomic E-state index is 0.789. The van der Waals surface area contributed by atoms with Gasteiger partial charge in [0.2, 0.25) is 0 Å². The Morgan fingerprint density at radius 1 is 0.213 bits per heavy atom. The minimum atomic E-state index is 0.789. The van der Waals surface area contributed by atoms with Crippen LogP contribution < -0.4 is 4.90 Å². The van der Waals surface area contributed by atoms with E-state index in [-0.39, 0.29) is 0 Å². The molecule has 1 nitrogen and oxygen atoms in total. The molecule has 75 heavy (non-hydrogen) atoms. The van der Waals surface area contributed by atoms with E-state index in [2.05, 4.69) is 290 Å². The van der Waals surface area contributed by atoms with Gasteiger partial charge in [-0.25, -0.2) is 0 Å². The van der Waals surface area contributed by atoms with E-state index in [1.165, 1.54) is 128 Å². The van der Waals surface area contributed by atoms with Crippen molar-refractivity contribution in [3.63, 3.8) is 0 Å². The Balaban J connectivity index is 1.19. The van der Waals surface area contributed by atoms with Crippen LogP contribution in [0, 0.1) is 0 Å². The first-order valence-electron chi connectivity index (χ1n) is 26.2. The molecule has 0 aliphatic heterocycles. The summed E-state index contributed by atoms with van der Waals surface area (Å²) in [5.74, 6) is 0. The van der Waals surface area contributed by atoms with Gasteiger partial charge < -0.3 is 4.90 Å². The predicted octanol–water partition coefficient (Wildman–Crippen LogP) is 20.0. The van der Waals surface area contributed by atoms with Crippen LogP contribution in [-0.4, -0.2) is 0 Å². The van der Waals surface area contributed by atoms with Gasteiger partial charge in [-0.15, -0.1) is 0 Å². The van der Waals surface area contributed by atoms with Crippen LogP contribution in [0.25, 0.3) is 100 Å². The highest BCUT2D eigenvalue weighted by Gasteiger charge is 2.37. The molecule has 14 rings (SSSR count). The summed E-state index contributed by atoms with van der Waals surface area (Å²) in [6.45, 7) is 0. The van der Waals surface area contributed by atoms with Crippen LogP contribution in [0.5, 0.6) is 0 Å². The van der Waals surface area contributed by atoms with Gasteiger partial charge in [0.1, 0.15) is 0 Å².